The summed E-state index contributed by atoms with van der Waals surface area (Å²) in [6.07, 6.45) is 2.90. The largest absolute Gasteiger partial charge is 0.423 e. The molecule has 2 nitrogen and oxygen atoms in total. The molecule has 0 atom stereocenters. The van der Waals surface area contributed by atoms with Crippen molar-refractivity contribution in [3.05, 3.63) is 71.6 Å². The molecule has 0 aromatic heterocycles. The Morgan fingerprint density at radius 2 is 1.79 bits per heavy atom. The first-order valence-corrected chi connectivity index (χ1v) is 5.86. The number of para-hydroxylation sites is 1. The normalized spacial score (nSPS) is 10.6. The maximum absolute atomic E-state index is 12.7. The average Bonchev–Trinajstić information content (AvgIpc) is 2.41. The molecular formula is C16H13FO2. The number of benzene rings is 2. The lowest BCUT2D eigenvalue weighted by molar-refractivity contribution is -0.128. The molecule has 0 N–H and O–H groups in total. The summed E-state index contributed by atoms with van der Waals surface area (Å²) in [7, 11) is 0. The summed E-state index contributed by atoms with van der Waals surface area (Å²) < 4.78 is 17.9. The quantitative estimate of drug-likeness (QED) is 0.475. The van der Waals surface area contributed by atoms with Crippen LogP contribution >= 0.6 is 0 Å². The van der Waals surface area contributed by atoms with Crippen molar-refractivity contribution in [2.24, 2.45) is 0 Å². The number of aryl methyl sites for hydroxylation is 1. The molecule has 0 radical (unpaired) electrons. The lowest BCUT2D eigenvalue weighted by Gasteiger charge is -2.03. The molecule has 2 rings (SSSR count). The molecule has 0 fully saturated rings. The van der Waals surface area contributed by atoms with Gasteiger partial charge < -0.3 is 4.74 Å². The fraction of sp³-hybridized carbons (Fsp3) is 0.0625. The Kier molecular flexibility index (Phi) is 4.08. The standard InChI is InChI=1S/C16H13FO2/c1-12-4-2-3-5-15(12)19-16(18)11-8-13-6-9-14(17)10-7-13/h2-11H,1H3/b11-8+. The fourth-order valence-corrected chi connectivity index (χ4v) is 1.55. The minimum Gasteiger partial charge on any atom is -0.423 e. The Balaban J connectivity index is 2.02. The maximum Gasteiger partial charge on any atom is 0.336 e. The first kappa shape index (κ1) is 13.0. The van der Waals surface area contributed by atoms with Crippen LogP contribution in [-0.2, 0) is 4.79 Å². The lowest BCUT2D eigenvalue weighted by Crippen LogP contribution is -2.04. The van der Waals surface area contributed by atoms with Gasteiger partial charge in [0.1, 0.15) is 11.6 Å². The SMILES string of the molecule is Cc1ccccc1OC(=O)/C=C/c1ccc(F)cc1. The molecule has 0 aliphatic rings. The topological polar surface area (TPSA) is 26.3 Å². The smallest absolute Gasteiger partial charge is 0.336 e. The van der Waals surface area contributed by atoms with Crippen LogP contribution in [0.15, 0.2) is 54.6 Å². The van der Waals surface area contributed by atoms with Crippen molar-refractivity contribution in [3.8, 4) is 5.75 Å². The first-order chi connectivity index (χ1) is 9.15. The second-order valence-corrected chi connectivity index (χ2v) is 4.07. The summed E-state index contributed by atoms with van der Waals surface area (Å²) in [5.74, 6) is -0.227. The van der Waals surface area contributed by atoms with E-state index >= 15 is 0 Å². The van der Waals surface area contributed by atoms with Gasteiger partial charge in [-0.2, -0.15) is 0 Å². The second-order valence-electron chi connectivity index (χ2n) is 4.07. The van der Waals surface area contributed by atoms with Crippen LogP contribution in [0, 0.1) is 12.7 Å². The molecule has 0 saturated heterocycles. The van der Waals surface area contributed by atoms with E-state index in [0.717, 1.165) is 11.1 Å². The molecule has 2 aromatic rings. The van der Waals surface area contributed by atoms with Gasteiger partial charge in [0.05, 0.1) is 0 Å². The predicted molar refractivity (Wildman–Crippen MR) is 72.2 cm³/mol. The monoisotopic (exact) mass is 256 g/mol. The van der Waals surface area contributed by atoms with Crippen molar-refractivity contribution in [2.75, 3.05) is 0 Å². The van der Waals surface area contributed by atoms with Crippen molar-refractivity contribution >= 4 is 12.0 Å². The second kappa shape index (κ2) is 5.96. The van der Waals surface area contributed by atoms with Crippen LogP contribution < -0.4 is 4.74 Å². The van der Waals surface area contributed by atoms with Crippen LogP contribution in [0.5, 0.6) is 5.75 Å². The van der Waals surface area contributed by atoms with E-state index < -0.39 is 5.97 Å². The summed E-state index contributed by atoms with van der Waals surface area (Å²) in [5, 5.41) is 0. The number of carbonyl (C=O) groups is 1. The molecule has 2 aromatic carbocycles. The molecule has 0 heterocycles. The molecule has 0 aliphatic heterocycles. The van der Waals surface area contributed by atoms with Crippen LogP contribution in [0.3, 0.4) is 0 Å². The Morgan fingerprint density at radius 3 is 2.47 bits per heavy atom. The molecule has 0 spiro atoms. The van der Waals surface area contributed by atoms with E-state index in [1.54, 1.807) is 30.3 Å². The number of hydrogen-bond acceptors (Lipinski definition) is 2. The third-order valence-corrected chi connectivity index (χ3v) is 2.59. The number of ether oxygens (including phenoxy) is 1. The molecule has 0 aliphatic carbocycles. The Hall–Kier alpha value is -2.42. The summed E-state index contributed by atoms with van der Waals surface area (Å²) in [5.41, 5.74) is 1.63. The van der Waals surface area contributed by atoms with E-state index in [1.165, 1.54) is 18.2 Å². The highest BCUT2D eigenvalue weighted by atomic mass is 19.1. The molecule has 19 heavy (non-hydrogen) atoms. The van der Waals surface area contributed by atoms with Gasteiger partial charge in [0.25, 0.3) is 0 Å². The van der Waals surface area contributed by atoms with Gasteiger partial charge >= 0.3 is 5.97 Å². The van der Waals surface area contributed by atoms with Crippen LogP contribution in [0.2, 0.25) is 0 Å². The number of esters is 1. The van der Waals surface area contributed by atoms with Gasteiger partial charge in [0.15, 0.2) is 0 Å². The Labute approximate surface area is 111 Å². The van der Waals surface area contributed by atoms with Gasteiger partial charge in [-0.05, 0) is 42.3 Å². The highest BCUT2D eigenvalue weighted by Crippen LogP contribution is 2.16. The highest BCUT2D eigenvalue weighted by molar-refractivity contribution is 5.88. The van der Waals surface area contributed by atoms with E-state index in [2.05, 4.69) is 0 Å². The van der Waals surface area contributed by atoms with Gasteiger partial charge in [-0.25, -0.2) is 9.18 Å². The molecule has 0 bridgehead atoms. The summed E-state index contributed by atoms with van der Waals surface area (Å²) in [4.78, 5) is 11.6. The van der Waals surface area contributed by atoms with E-state index in [-0.39, 0.29) is 5.82 Å². The molecule has 0 amide bonds. The number of halogens is 1. The Bertz CT molecular complexity index is 600. The third-order valence-electron chi connectivity index (χ3n) is 2.59. The zero-order chi connectivity index (χ0) is 13.7. The number of hydrogen-bond donors (Lipinski definition) is 0. The highest BCUT2D eigenvalue weighted by Gasteiger charge is 2.02. The van der Waals surface area contributed by atoms with Crippen molar-refractivity contribution < 1.29 is 13.9 Å². The number of rotatable bonds is 3. The van der Waals surface area contributed by atoms with Crippen LogP contribution in [0.4, 0.5) is 4.39 Å². The van der Waals surface area contributed by atoms with Crippen LogP contribution in [-0.4, -0.2) is 5.97 Å². The van der Waals surface area contributed by atoms with E-state index in [4.69, 9.17) is 4.74 Å². The average molecular weight is 256 g/mol. The lowest BCUT2D eigenvalue weighted by atomic mass is 10.2. The van der Waals surface area contributed by atoms with E-state index in [0.29, 0.717) is 5.75 Å². The van der Waals surface area contributed by atoms with Crippen LogP contribution in [0.1, 0.15) is 11.1 Å². The van der Waals surface area contributed by atoms with Gasteiger partial charge in [0, 0.05) is 6.08 Å². The molecule has 0 saturated carbocycles. The van der Waals surface area contributed by atoms with E-state index in [1.807, 2.05) is 19.1 Å². The third kappa shape index (κ3) is 3.78. The minimum atomic E-state index is -0.460. The summed E-state index contributed by atoms with van der Waals surface area (Å²) in [6.45, 7) is 1.87. The zero-order valence-corrected chi connectivity index (χ0v) is 10.5. The van der Waals surface area contributed by atoms with Crippen LogP contribution in [0.25, 0.3) is 6.08 Å². The van der Waals surface area contributed by atoms with Crippen molar-refractivity contribution in [3.63, 3.8) is 0 Å². The molecular weight excluding hydrogens is 243 g/mol. The Morgan fingerprint density at radius 1 is 1.11 bits per heavy atom. The summed E-state index contributed by atoms with van der Waals surface area (Å²) in [6, 6.07) is 13.1. The maximum atomic E-state index is 12.7. The van der Waals surface area contributed by atoms with Crippen molar-refractivity contribution in [1.82, 2.24) is 0 Å². The molecule has 0 unspecified atom stereocenters. The van der Waals surface area contributed by atoms with E-state index in [9.17, 15) is 9.18 Å². The first-order valence-electron chi connectivity index (χ1n) is 5.86. The molecule has 3 heteroatoms. The minimum absolute atomic E-state index is 0.306. The fourth-order valence-electron chi connectivity index (χ4n) is 1.55. The van der Waals surface area contributed by atoms with Gasteiger partial charge in [-0.3, -0.25) is 0 Å². The number of carbonyl (C=O) groups excluding carboxylic acids is 1. The summed E-state index contributed by atoms with van der Waals surface area (Å²) >= 11 is 0. The van der Waals surface area contributed by atoms with Crippen molar-refractivity contribution in [1.29, 1.82) is 0 Å². The predicted octanol–water partition coefficient (Wildman–Crippen LogP) is 3.75. The van der Waals surface area contributed by atoms with Gasteiger partial charge in [-0.1, -0.05) is 30.3 Å². The van der Waals surface area contributed by atoms with Gasteiger partial charge in [-0.15, -0.1) is 0 Å². The molecule has 96 valence electrons. The van der Waals surface area contributed by atoms with Gasteiger partial charge in [0.2, 0.25) is 0 Å². The zero-order valence-electron chi connectivity index (χ0n) is 10.5. The van der Waals surface area contributed by atoms with Crippen molar-refractivity contribution in [2.45, 2.75) is 6.92 Å².